The molecule has 1 aliphatic rings. The molecule has 1 heterocycles. The van der Waals surface area contributed by atoms with Gasteiger partial charge in [-0.15, -0.1) is 0 Å². The smallest absolute Gasteiger partial charge is 0.238 e. The molecule has 1 aliphatic heterocycles. The van der Waals surface area contributed by atoms with Gasteiger partial charge >= 0.3 is 0 Å². The molecular weight excluding hydrogens is 396 g/mol. The molecule has 0 aromatic heterocycles. The maximum absolute atomic E-state index is 12.6. The maximum Gasteiger partial charge on any atom is 0.238 e. The summed E-state index contributed by atoms with van der Waals surface area (Å²) in [5.41, 5.74) is 0.491. The fourth-order valence-corrected chi connectivity index (χ4v) is 3.34. The van der Waals surface area contributed by atoms with E-state index in [0.717, 1.165) is 11.5 Å². The predicted molar refractivity (Wildman–Crippen MR) is 112 cm³/mol. The van der Waals surface area contributed by atoms with Crippen LogP contribution in [0.3, 0.4) is 0 Å². The second-order valence-electron chi connectivity index (χ2n) is 6.56. The lowest BCUT2D eigenvalue weighted by atomic mass is 10.2. The first kappa shape index (κ1) is 21.1. The second kappa shape index (κ2) is 9.71. The Bertz CT molecular complexity index is 861. The molecule has 0 fully saturated rings. The summed E-state index contributed by atoms with van der Waals surface area (Å²) in [6, 6.07) is 10.8. The van der Waals surface area contributed by atoms with Gasteiger partial charge in [0.25, 0.3) is 0 Å². The molecule has 3 rings (SSSR count). The zero-order valence-corrected chi connectivity index (χ0v) is 17.5. The average Bonchev–Trinajstić information content (AvgIpc) is 2.73. The first-order chi connectivity index (χ1) is 14.0. The van der Waals surface area contributed by atoms with Gasteiger partial charge in [-0.05, 0) is 24.7 Å². The molecule has 2 aromatic rings. The zero-order chi connectivity index (χ0) is 20.8. The van der Waals surface area contributed by atoms with Crippen molar-refractivity contribution in [2.45, 2.75) is 13.0 Å². The summed E-state index contributed by atoms with van der Waals surface area (Å²) >= 11 is 6.17. The van der Waals surface area contributed by atoms with E-state index in [1.807, 2.05) is 36.1 Å². The number of nitrogens with one attached hydrogen (secondary N) is 1. The number of carbonyl (C=O) groups is 1. The van der Waals surface area contributed by atoms with E-state index >= 15 is 0 Å². The molecule has 0 bridgehead atoms. The summed E-state index contributed by atoms with van der Waals surface area (Å²) < 4.78 is 22.3. The van der Waals surface area contributed by atoms with E-state index in [9.17, 15) is 4.79 Å². The lowest BCUT2D eigenvalue weighted by molar-refractivity contribution is -0.117. The third kappa shape index (κ3) is 5.25. The normalized spacial score (nSPS) is 15.1. The molecule has 1 atom stereocenters. The lowest BCUT2D eigenvalue weighted by Crippen LogP contribution is -2.43. The highest BCUT2D eigenvalue weighted by Gasteiger charge is 2.24. The van der Waals surface area contributed by atoms with Gasteiger partial charge < -0.3 is 24.3 Å². The Morgan fingerprint density at radius 3 is 2.62 bits per heavy atom. The van der Waals surface area contributed by atoms with Crippen LogP contribution in [0.1, 0.15) is 6.92 Å². The number of amides is 1. The van der Waals surface area contributed by atoms with Crippen LogP contribution in [0.4, 0.5) is 5.69 Å². The first-order valence-electron chi connectivity index (χ1n) is 9.36. The van der Waals surface area contributed by atoms with Crippen LogP contribution in [0.5, 0.6) is 23.0 Å². The average molecular weight is 421 g/mol. The minimum Gasteiger partial charge on any atom is -0.495 e. The number of methoxy groups -OCH3 is 2. The van der Waals surface area contributed by atoms with Crippen molar-refractivity contribution in [2.75, 3.05) is 45.8 Å². The molecule has 0 radical (unpaired) electrons. The highest BCUT2D eigenvalue weighted by molar-refractivity contribution is 6.32. The van der Waals surface area contributed by atoms with Crippen molar-refractivity contribution in [3.05, 3.63) is 41.4 Å². The van der Waals surface area contributed by atoms with Gasteiger partial charge in [-0.25, -0.2) is 0 Å². The fraction of sp³-hybridized carbons (Fsp3) is 0.381. The van der Waals surface area contributed by atoms with Crippen LogP contribution in [-0.2, 0) is 4.79 Å². The van der Waals surface area contributed by atoms with Crippen molar-refractivity contribution < 1.29 is 23.7 Å². The molecule has 2 aromatic carbocycles. The van der Waals surface area contributed by atoms with Gasteiger partial charge in [0.2, 0.25) is 5.91 Å². The lowest BCUT2D eigenvalue weighted by Gasteiger charge is -2.30. The number of nitrogens with zero attached hydrogens (tertiary/aromatic N) is 1. The van der Waals surface area contributed by atoms with Gasteiger partial charge in [0.1, 0.15) is 24.2 Å². The van der Waals surface area contributed by atoms with Crippen molar-refractivity contribution in [3.63, 3.8) is 0 Å². The van der Waals surface area contributed by atoms with Gasteiger partial charge in [0.15, 0.2) is 11.5 Å². The van der Waals surface area contributed by atoms with E-state index < -0.39 is 0 Å². The number of benzene rings is 2. The van der Waals surface area contributed by atoms with E-state index in [1.54, 1.807) is 12.1 Å². The Kier molecular flexibility index (Phi) is 7.06. The number of carbonyl (C=O) groups excluding carboxylic acids is 1. The topological polar surface area (TPSA) is 69.3 Å². The van der Waals surface area contributed by atoms with Crippen LogP contribution >= 0.6 is 11.6 Å². The van der Waals surface area contributed by atoms with Crippen molar-refractivity contribution in [1.29, 1.82) is 0 Å². The number of rotatable bonds is 8. The zero-order valence-electron chi connectivity index (χ0n) is 16.7. The summed E-state index contributed by atoms with van der Waals surface area (Å²) in [5.74, 6) is 2.24. The molecule has 7 nitrogen and oxygen atoms in total. The number of anilines is 1. The largest absolute Gasteiger partial charge is 0.495 e. The van der Waals surface area contributed by atoms with Crippen LogP contribution in [0.2, 0.25) is 5.02 Å². The van der Waals surface area contributed by atoms with Crippen LogP contribution in [-0.4, -0.2) is 57.4 Å². The summed E-state index contributed by atoms with van der Waals surface area (Å²) in [4.78, 5) is 14.6. The molecule has 0 saturated heterocycles. The number of halogens is 1. The molecule has 0 spiro atoms. The molecule has 0 saturated carbocycles. The summed E-state index contributed by atoms with van der Waals surface area (Å²) in [6.07, 6.45) is -0.150. The molecule has 156 valence electrons. The Hall–Kier alpha value is -2.64. The fourth-order valence-electron chi connectivity index (χ4n) is 3.10. The Balaban J connectivity index is 1.60. The molecule has 1 unspecified atom stereocenters. The number of ether oxygens (including phenoxy) is 4. The van der Waals surface area contributed by atoms with Crippen molar-refractivity contribution in [3.8, 4) is 23.0 Å². The van der Waals surface area contributed by atoms with E-state index in [1.165, 1.54) is 14.2 Å². The number of fused-ring (bicyclic) bond motifs is 1. The number of hydrogen-bond donors (Lipinski definition) is 1. The predicted octanol–water partition coefficient (Wildman–Crippen LogP) is 3.46. The minimum atomic E-state index is -0.177. The molecule has 1 amide bonds. The van der Waals surface area contributed by atoms with Crippen molar-refractivity contribution in [1.82, 2.24) is 4.90 Å². The highest BCUT2D eigenvalue weighted by Crippen LogP contribution is 2.36. The molecule has 29 heavy (non-hydrogen) atoms. The van der Waals surface area contributed by atoms with Gasteiger partial charge in [-0.1, -0.05) is 30.7 Å². The van der Waals surface area contributed by atoms with Crippen molar-refractivity contribution in [2.24, 2.45) is 0 Å². The number of likely N-dealkylation sites (N-methyl/N-ethyl adjacent to an activating group) is 1. The van der Waals surface area contributed by atoms with Crippen LogP contribution in [0, 0.1) is 0 Å². The van der Waals surface area contributed by atoms with E-state index in [0.29, 0.717) is 41.9 Å². The third-order valence-corrected chi connectivity index (χ3v) is 4.89. The van der Waals surface area contributed by atoms with Crippen LogP contribution in [0.25, 0.3) is 0 Å². The molecular formula is C21H25ClN2O5. The van der Waals surface area contributed by atoms with Crippen LogP contribution < -0.4 is 24.3 Å². The van der Waals surface area contributed by atoms with E-state index in [-0.39, 0.29) is 18.6 Å². The first-order valence-corrected chi connectivity index (χ1v) is 9.74. The number of hydrogen-bond acceptors (Lipinski definition) is 6. The van der Waals surface area contributed by atoms with Gasteiger partial charge in [0.05, 0.1) is 31.5 Å². The summed E-state index contributed by atoms with van der Waals surface area (Å²) in [7, 11) is 3.04. The number of para-hydroxylation sites is 2. The Morgan fingerprint density at radius 1 is 1.21 bits per heavy atom. The quantitative estimate of drug-likeness (QED) is 0.705. The second-order valence-corrected chi connectivity index (χ2v) is 6.97. The molecule has 1 N–H and O–H groups in total. The third-order valence-electron chi connectivity index (χ3n) is 4.59. The maximum atomic E-state index is 12.6. The van der Waals surface area contributed by atoms with Gasteiger partial charge in [-0.2, -0.15) is 0 Å². The van der Waals surface area contributed by atoms with Gasteiger partial charge in [0, 0.05) is 12.6 Å². The summed E-state index contributed by atoms with van der Waals surface area (Å²) in [5, 5.41) is 3.24. The summed E-state index contributed by atoms with van der Waals surface area (Å²) in [6.45, 7) is 3.89. The minimum absolute atomic E-state index is 0.150. The monoisotopic (exact) mass is 420 g/mol. The molecule has 0 aliphatic carbocycles. The van der Waals surface area contributed by atoms with E-state index in [4.69, 9.17) is 30.5 Å². The van der Waals surface area contributed by atoms with Crippen molar-refractivity contribution >= 4 is 23.2 Å². The highest BCUT2D eigenvalue weighted by atomic mass is 35.5. The van der Waals surface area contributed by atoms with Gasteiger partial charge in [-0.3, -0.25) is 9.69 Å². The van der Waals surface area contributed by atoms with Crippen LogP contribution in [0.15, 0.2) is 36.4 Å². The standard InChI is InChI=1S/C21H25ClN2O5/c1-4-24(11-14-13-28-17-7-5-6-8-18(17)29-14)12-21(25)23-16-9-15(22)19(26-2)10-20(16)27-3/h5-10,14H,4,11-13H2,1-3H3,(H,23,25). The Labute approximate surface area is 175 Å². The Morgan fingerprint density at radius 2 is 1.93 bits per heavy atom. The van der Waals surface area contributed by atoms with E-state index in [2.05, 4.69) is 5.32 Å². The SMILES string of the molecule is CCN(CC(=O)Nc1cc(Cl)c(OC)cc1OC)CC1COc2ccccc2O1. The molecule has 8 heteroatoms.